The van der Waals surface area contributed by atoms with Crippen molar-refractivity contribution in [3.8, 4) is 0 Å². The van der Waals surface area contributed by atoms with Gasteiger partial charge in [-0.25, -0.2) is 4.79 Å². The lowest BCUT2D eigenvalue weighted by Crippen LogP contribution is -2.35. The quantitative estimate of drug-likeness (QED) is 0.531. The topological polar surface area (TPSA) is 98.5 Å². The largest absolute Gasteiger partial charge is 0.452 e. The summed E-state index contributed by atoms with van der Waals surface area (Å²) in [5.74, 6) is -1.13. The molecule has 0 unspecified atom stereocenters. The number of halogens is 1. The fourth-order valence-corrected chi connectivity index (χ4v) is 2.87. The lowest BCUT2D eigenvalue weighted by molar-refractivity contribution is -0.127. The zero-order valence-corrected chi connectivity index (χ0v) is 15.3. The van der Waals surface area contributed by atoms with Gasteiger partial charge in [-0.15, -0.1) is 11.8 Å². The molecule has 2 rings (SSSR count). The van der Waals surface area contributed by atoms with Gasteiger partial charge in [-0.2, -0.15) is 0 Å². The van der Waals surface area contributed by atoms with E-state index < -0.39 is 24.4 Å². The van der Waals surface area contributed by atoms with Crippen molar-refractivity contribution in [2.75, 3.05) is 13.2 Å². The predicted molar refractivity (Wildman–Crippen MR) is 99.9 cm³/mol. The van der Waals surface area contributed by atoms with Crippen molar-refractivity contribution in [3.63, 3.8) is 0 Å². The van der Waals surface area contributed by atoms with Crippen molar-refractivity contribution in [1.29, 1.82) is 0 Å². The van der Waals surface area contributed by atoms with Gasteiger partial charge in [-0.3, -0.25) is 9.59 Å². The van der Waals surface area contributed by atoms with E-state index in [1.54, 1.807) is 23.9 Å². The van der Waals surface area contributed by atoms with E-state index in [1.807, 2.05) is 36.4 Å². The molecule has 0 aliphatic carbocycles. The summed E-state index contributed by atoms with van der Waals surface area (Å²) in [6, 6.07) is 14.5. The number of thioether (sulfide) groups is 1. The molecule has 2 aromatic rings. The summed E-state index contributed by atoms with van der Waals surface area (Å²) in [5, 5.41) is 2.93. The molecule has 6 nitrogen and oxygen atoms in total. The lowest BCUT2D eigenvalue weighted by Gasteiger charge is -2.06. The highest BCUT2D eigenvalue weighted by Crippen LogP contribution is 2.24. The second-order valence-electron chi connectivity index (χ2n) is 5.26. The second kappa shape index (κ2) is 9.84. The van der Waals surface area contributed by atoms with Gasteiger partial charge in [0, 0.05) is 15.7 Å². The zero-order valence-electron chi connectivity index (χ0n) is 13.7. The Morgan fingerprint density at radius 3 is 2.31 bits per heavy atom. The molecule has 136 valence electrons. The number of esters is 1. The molecule has 2 aromatic carbocycles. The zero-order chi connectivity index (χ0) is 18.9. The highest BCUT2D eigenvalue weighted by molar-refractivity contribution is 7.98. The van der Waals surface area contributed by atoms with Crippen LogP contribution in [0.25, 0.3) is 0 Å². The van der Waals surface area contributed by atoms with Gasteiger partial charge in [-0.1, -0.05) is 23.7 Å². The molecule has 0 aromatic heterocycles. The summed E-state index contributed by atoms with van der Waals surface area (Å²) in [6.07, 6.45) is 0. The van der Waals surface area contributed by atoms with Crippen molar-refractivity contribution in [1.82, 2.24) is 5.32 Å². The molecular formula is C18H17ClN2O4S. The minimum atomic E-state index is -0.670. The molecule has 3 N–H and O–H groups in total. The SMILES string of the molecule is NC(=O)CNC(=O)COC(=O)c1ccc(CSc2ccc(Cl)cc2)cc1. The van der Waals surface area contributed by atoms with Crippen LogP contribution in [-0.4, -0.2) is 30.9 Å². The Morgan fingerprint density at radius 2 is 1.69 bits per heavy atom. The van der Waals surface area contributed by atoms with E-state index in [-0.39, 0.29) is 6.54 Å². The van der Waals surface area contributed by atoms with Gasteiger partial charge in [-0.05, 0) is 42.0 Å². The van der Waals surface area contributed by atoms with Gasteiger partial charge < -0.3 is 15.8 Å². The number of nitrogens with one attached hydrogen (secondary N) is 1. The van der Waals surface area contributed by atoms with Crippen LogP contribution in [0.1, 0.15) is 15.9 Å². The molecular weight excluding hydrogens is 376 g/mol. The number of primary amides is 1. The molecule has 26 heavy (non-hydrogen) atoms. The minimum absolute atomic E-state index is 0.295. The van der Waals surface area contributed by atoms with Crippen molar-refractivity contribution in [2.24, 2.45) is 5.73 Å². The first-order valence-corrected chi connectivity index (χ1v) is 9.00. The molecule has 0 atom stereocenters. The highest BCUT2D eigenvalue weighted by Gasteiger charge is 2.10. The average molecular weight is 393 g/mol. The summed E-state index contributed by atoms with van der Waals surface area (Å²) in [7, 11) is 0. The number of benzene rings is 2. The van der Waals surface area contributed by atoms with E-state index in [0.29, 0.717) is 10.6 Å². The molecule has 0 bridgehead atoms. The van der Waals surface area contributed by atoms with E-state index in [2.05, 4.69) is 5.32 Å². The van der Waals surface area contributed by atoms with Crippen LogP contribution >= 0.6 is 23.4 Å². The number of amides is 2. The first kappa shape index (κ1) is 19.8. The van der Waals surface area contributed by atoms with E-state index in [9.17, 15) is 14.4 Å². The summed E-state index contributed by atoms with van der Waals surface area (Å²) < 4.78 is 4.88. The third-order valence-corrected chi connectivity index (χ3v) is 4.54. The third kappa shape index (κ3) is 6.78. The Morgan fingerprint density at radius 1 is 1.04 bits per heavy atom. The third-order valence-electron chi connectivity index (χ3n) is 3.20. The Kier molecular flexibility index (Phi) is 7.50. The van der Waals surface area contributed by atoms with Crippen molar-refractivity contribution in [3.05, 3.63) is 64.7 Å². The van der Waals surface area contributed by atoms with Gasteiger partial charge >= 0.3 is 5.97 Å². The molecule has 0 aliphatic heterocycles. The van der Waals surface area contributed by atoms with Crippen molar-refractivity contribution in [2.45, 2.75) is 10.6 Å². The molecule has 0 saturated carbocycles. The number of hydrogen-bond donors (Lipinski definition) is 2. The minimum Gasteiger partial charge on any atom is -0.452 e. The molecule has 0 radical (unpaired) electrons. The number of rotatable bonds is 8. The Balaban J connectivity index is 1.80. The smallest absolute Gasteiger partial charge is 0.338 e. The Labute approximate surface area is 160 Å². The molecule has 0 heterocycles. The van der Waals surface area contributed by atoms with Gasteiger partial charge in [0.25, 0.3) is 5.91 Å². The number of carbonyl (C=O) groups excluding carboxylic acids is 3. The van der Waals surface area contributed by atoms with Crippen LogP contribution in [0.5, 0.6) is 0 Å². The van der Waals surface area contributed by atoms with Gasteiger partial charge in [0.1, 0.15) is 0 Å². The molecule has 8 heteroatoms. The van der Waals surface area contributed by atoms with Gasteiger partial charge in [0.05, 0.1) is 12.1 Å². The van der Waals surface area contributed by atoms with Crippen molar-refractivity contribution >= 4 is 41.1 Å². The standard InChI is InChI=1S/C18H17ClN2O4S/c19-14-5-7-15(8-6-14)26-11-12-1-3-13(4-2-12)18(24)25-10-17(23)21-9-16(20)22/h1-8H,9-11H2,(H2,20,22)(H,21,23). The number of nitrogens with two attached hydrogens (primary N) is 1. The molecule has 2 amide bonds. The fraction of sp³-hybridized carbons (Fsp3) is 0.167. The summed E-state index contributed by atoms with van der Waals surface area (Å²) in [5.41, 5.74) is 6.28. The predicted octanol–water partition coefficient (Wildman–Crippen LogP) is 2.39. The van der Waals surface area contributed by atoms with Crippen LogP contribution in [0, 0.1) is 0 Å². The van der Waals surface area contributed by atoms with Crippen LogP contribution in [0.2, 0.25) is 5.02 Å². The summed E-state index contributed by atoms with van der Waals surface area (Å²) >= 11 is 7.51. The normalized spacial score (nSPS) is 10.2. The average Bonchev–Trinajstić information content (AvgIpc) is 2.64. The van der Waals surface area contributed by atoms with Crippen LogP contribution in [0.3, 0.4) is 0 Å². The van der Waals surface area contributed by atoms with Gasteiger partial charge in [0.2, 0.25) is 5.91 Å². The van der Waals surface area contributed by atoms with E-state index in [1.165, 1.54) is 0 Å². The molecule has 0 fully saturated rings. The molecule has 0 saturated heterocycles. The first-order chi connectivity index (χ1) is 12.4. The fourth-order valence-electron chi connectivity index (χ4n) is 1.89. The first-order valence-electron chi connectivity index (χ1n) is 7.63. The maximum Gasteiger partial charge on any atom is 0.338 e. The second-order valence-corrected chi connectivity index (χ2v) is 6.74. The number of hydrogen-bond acceptors (Lipinski definition) is 5. The Bertz CT molecular complexity index is 779. The van der Waals surface area contributed by atoms with Gasteiger partial charge in [0.15, 0.2) is 6.61 Å². The summed E-state index contributed by atoms with van der Waals surface area (Å²) in [4.78, 5) is 34.9. The van der Waals surface area contributed by atoms with Crippen LogP contribution in [-0.2, 0) is 20.1 Å². The van der Waals surface area contributed by atoms with E-state index >= 15 is 0 Å². The maximum atomic E-state index is 11.9. The molecule has 0 aliphatic rings. The number of ether oxygens (including phenoxy) is 1. The van der Waals surface area contributed by atoms with E-state index in [4.69, 9.17) is 22.1 Å². The monoisotopic (exact) mass is 392 g/mol. The highest BCUT2D eigenvalue weighted by atomic mass is 35.5. The van der Waals surface area contributed by atoms with E-state index in [0.717, 1.165) is 16.2 Å². The van der Waals surface area contributed by atoms with Crippen LogP contribution in [0.15, 0.2) is 53.4 Å². The summed E-state index contributed by atoms with van der Waals surface area (Å²) in [6.45, 7) is -0.767. The number of carbonyl (C=O) groups is 3. The maximum absolute atomic E-state index is 11.9. The Hall–Kier alpha value is -2.51. The van der Waals surface area contributed by atoms with Crippen molar-refractivity contribution < 1.29 is 19.1 Å². The van der Waals surface area contributed by atoms with Crippen LogP contribution in [0.4, 0.5) is 0 Å². The molecule has 0 spiro atoms. The van der Waals surface area contributed by atoms with Crippen LogP contribution < -0.4 is 11.1 Å². The lowest BCUT2D eigenvalue weighted by atomic mass is 10.1.